The van der Waals surface area contributed by atoms with E-state index in [4.69, 9.17) is 5.14 Å². The molecule has 0 fully saturated rings. The monoisotopic (exact) mass is 306 g/mol. The Balaban J connectivity index is 3.40. The van der Waals surface area contributed by atoms with Crippen molar-refractivity contribution in [2.45, 2.75) is 31.2 Å². The molecule has 0 saturated carbocycles. The van der Waals surface area contributed by atoms with Gasteiger partial charge in [-0.25, -0.2) is 22.3 Å². The van der Waals surface area contributed by atoms with Crippen LogP contribution in [0.3, 0.4) is 0 Å². The van der Waals surface area contributed by atoms with Gasteiger partial charge in [0, 0.05) is 13.1 Å². The predicted octanol–water partition coefficient (Wildman–Crippen LogP) is 1.48. The molecule has 2 N–H and O–H groups in total. The molecule has 0 aliphatic rings. The fraction of sp³-hybridized carbons (Fsp3) is 0.417. The highest BCUT2D eigenvalue weighted by Crippen LogP contribution is 2.21. The van der Waals surface area contributed by atoms with Crippen LogP contribution < -0.4 is 5.14 Å². The first-order chi connectivity index (χ1) is 9.09. The van der Waals surface area contributed by atoms with Crippen LogP contribution in [-0.4, -0.2) is 32.3 Å². The van der Waals surface area contributed by atoms with Crippen molar-refractivity contribution in [1.29, 1.82) is 0 Å². The molecule has 20 heavy (non-hydrogen) atoms. The third kappa shape index (κ3) is 3.31. The molecule has 1 atom stereocenters. The maximum Gasteiger partial charge on any atom is 0.256 e. The molecule has 0 radical (unpaired) electrons. The van der Waals surface area contributed by atoms with E-state index in [2.05, 4.69) is 0 Å². The number of benzene rings is 1. The van der Waals surface area contributed by atoms with E-state index in [0.717, 1.165) is 0 Å². The summed E-state index contributed by atoms with van der Waals surface area (Å²) < 4.78 is 49.8. The number of hydrogen-bond acceptors (Lipinski definition) is 3. The molecule has 1 unspecified atom stereocenters. The van der Waals surface area contributed by atoms with Gasteiger partial charge in [0.25, 0.3) is 5.91 Å². The lowest BCUT2D eigenvalue weighted by Gasteiger charge is -2.24. The number of hydrogen-bond donors (Lipinski definition) is 1. The van der Waals surface area contributed by atoms with Crippen LogP contribution in [0.1, 0.15) is 30.6 Å². The first kappa shape index (κ1) is 16.5. The van der Waals surface area contributed by atoms with Crippen LogP contribution in [0.5, 0.6) is 0 Å². The largest absolute Gasteiger partial charge is 0.339 e. The number of carbonyl (C=O) groups excluding carboxylic acids is 1. The lowest BCUT2D eigenvalue weighted by molar-refractivity contribution is 0.0734. The Bertz CT molecular complexity index is 632. The molecule has 0 heterocycles. The molecular formula is C12H16F2N2O3S. The fourth-order valence-corrected chi connectivity index (χ4v) is 2.23. The van der Waals surface area contributed by atoms with Gasteiger partial charge in [0.1, 0.15) is 10.7 Å². The number of carbonyl (C=O) groups is 1. The molecule has 112 valence electrons. The van der Waals surface area contributed by atoms with Crippen LogP contribution in [0.15, 0.2) is 17.0 Å². The van der Waals surface area contributed by atoms with Crippen LogP contribution >= 0.6 is 0 Å². The van der Waals surface area contributed by atoms with Gasteiger partial charge in [-0.05, 0) is 25.5 Å². The molecule has 0 aliphatic heterocycles. The van der Waals surface area contributed by atoms with E-state index in [-0.39, 0.29) is 6.04 Å². The summed E-state index contributed by atoms with van der Waals surface area (Å²) >= 11 is 0. The average molecular weight is 306 g/mol. The minimum atomic E-state index is -4.45. The van der Waals surface area contributed by atoms with E-state index in [0.29, 0.717) is 18.6 Å². The summed E-state index contributed by atoms with van der Waals surface area (Å²) in [7, 11) is -3.02. The zero-order valence-corrected chi connectivity index (χ0v) is 12.2. The summed E-state index contributed by atoms with van der Waals surface area (Å²) in [5, 5.41) is 4.80. The van der Waals surface area contributed by atoms with Crippen molar-refractivity contribution >= 4 is 15.9 Å². The second kappa shape index (κ2) is 5.84. The molecule has 0 saturated heterocycles. The van der Waals surface area contributed by atoms with Gasteiger partial charge in [-0.1, -0.05) is 6.92 Å². The van der Waals surface area contributed by atoms with Crippen molar-refractivity contribution in [1.82, 2.24) is 4.90 Å². The Kier molecular flexibility index (Phi) is 4.82. The second-order valence-corrected chi connectivity index (χ2v) is 6.01. The normalized spacial score (nSPS) is 13.1. The third-order valence-electron chi connectivity index (χ3n) is 3.11. The Labute approximate surface area is 116 Å². The molecule has 1 rings (SSSR count). The highest BCUT2D eigenvalue weighted by molar-refractivity contribution is 7.89. The Morgan fingerprint density at radius 3 is 2.40 bits per heavy atom. The van der Waals surface area contributed by atoms with Crippen molar-refractivity contribution in [3.63, 3.8) is 0 Å². The number of halogens is 2. The zero-order chi connectivity index (χ0) is 15.7. The van der Waals surface area contributed by atoms with Gasteiger partial charge in [-0.3, -0.25) is 4.79 Å². The summed E-state index contributed by atoms with van der Waals surface area (Å²) in [4.78, 5) is 12.3. The maximum atomic E-state index is 14.1. The van der Waals surface area contributed by atoms with Gasteiger partial charge >= 0.3 is 0 Å². The summed E-state index contributed by atoms with van der Waals surface area (Å²) in [5.74, 6) is -3.19. The molecule has 5 nitrogen and oxygen atoms in total. The number of sulfonamides is 1. The second-order valence-electron chi connectivity index (χ2n) is 4.48. The molecule has 1 aromatic carbocycles. The summed E-state index contributed by atoms with van der Waals surface area (Å²) in [5.41, 5.74) is -0.656. The first-order valence-electron chi connectivity index (χ1n) is 5.88. The molecule has 1 aromatic rings. The molecule has 8 heteroatoms. The van der Waals surface area contributed by atoms with Crippen molar-refractivity contribution in [2.24, 2.45) is 5.14 Å². The van der Waals surface area contributed by atoms with Crippen LogP contribution in [-0.2, 0) is 10.0 Å². The number of nitrogens with zero attached hydrogens (tertiary/aromatic N) is 1. The van der Waals surface area contributed by atoms with Gasteiger partial charge in [0.15, 0.2) is 5.82 Å². The number of nitrogens with two attached hydrogens (primary N) is 1. The molecule has 0 aliphatic carbocycles. The molecular weight excluding hydrogens is 290 g/mol. The van der Waals surface area contributed by atoms with Gasteiger partial charge in [0.2, 0.25) is 10.0 Å². The van der Waals surface area contributed by atoms with Crippen LogP contribution in [0.2, 0.25) is 0 Å². The SMILES string of the molecule is CCC(C)N(C)C(=O)c1cc(F)cc(S(N)(=O)=O)c1F. The lowest BCUT2D eigenvalue weighted by atomic mass is 10.1. The molecule has 0 spiro atoms. The highest BCUT2D eigenvalue weighted by atomic mass is 32.2. The van der Waals surface area contributed by atoms with E-state index < -0.39 is 38.0 Å². The van der Waals surface area contributed by atoms with Crippen LogP contribution in [0, 0.1) is 11.6 Å². The van der Waals surface area contributed by atoms with E-state index in [1.54, 1.807) is 6.92 Å². The van der Waals surface area contributed by atoms with Crippen molar-refractivity contribution < 1.29 is 22.0 Å². The van der Waals surface area contributed by atoms with E-state index in [1.807, 2.05) is 6.92 Å². The highest BCUT2D eigenvalue weighted by Gasteiger charge is 2.26. The van der Waals surface area contributed by atoms with E-state index >= 15 is 0 Å². The number of rotatable bonds is 4. The third-order valence-corrected chi connectivity index (χ3v) is 4.02. The zero-order valence-electron chi connectivity index (χ0n) is 11.4. The predicted molar refractivity (Wildman–Crippen MR) is 69.6 cm³/mol. The minimum Gasteiger partial charge on any atom is -0.339 e. The van der Waals surface area contributed by atoms with Gasteiger partial charge < -0.3 is 4.90 Å². The molecule has 0 bridgehead atoms. The van der Waals surface area contributed by atoms with Crippen molar-refractivity contribution in [3.05, 3.63) is 29.3 Å². The summed E-state index contributed by atoms with van der Waals surface area (Å²) in [6.45, 7) is 3.56. The quantitative estimate of drug-likeness (QED) is 0.915. The number of amides is 1. The van der Waals surface area contributed by atoms with E-state index in [9.17, 15) is 22.0 Å². The van der Waals surface area contributed by atoms with Gasteiger partial charge in [-0.2, -0.15) is 0 Å². The lowest BCUT2D eigenvalue weighted by Crippen LogP contribution is -2.35. The Morgan fingerprint density at radius 1 is 1.40 bits per heavy atom. The topological polar surface area (TPSA) is 80.5 Å². The summed E-state index contributed by atoms with van der Waals surface area (Å²) in [6.07, 6.45) is 0.612. The van der Waals surface area contributed by atoms with Gasteiger partial charge in [0.05, 0.1) is 5.56 Å². The minimum absolute atomic E-state index is 0.205. The average Bonchev–Trinajstić information content (AvgIpc) is 2.37. The smallest absolute Gasteiger partial charge is 0.256 e. The number of primary sulfonamides is 1. The van der Waals surface area contributed by atoms with Crippen molar-refractivity contribution in [2.75, 3.05) is 7.05 Å². The fourth-order valence-electron chi connectivity index (χ4n) is 1.59. The molecule has 1 amide bonds. The van der Waals surface area contributed by atoms with Crippen molar-refractivity contribution in [3.8, 4) is 0 Å². The maximum absolute atomic E-state index is 14.1. The standard InChI is InChI=1S/C12H16F2N2O3S/c1-4-7(2)16(3)12(17)9-5-8(13)6-10(11(9)14)20(15,18)19/h5-7H,4H2,1-3H3,(H2,15,18,19). The summed E-state index contributed by atoms with van der Waals surface area (Å²) in [6, 6.07) is 0.902. The first-order valence-corrected chi connectivity index (χ1v) is 7.43. The van der Waals surface area contributed by atoms with Crippen LogP contribution in [0.25, 0.3) is 0 Å². The Hall–Kier alpha value is -1.54. The molecule has 0 aromatic heterocycles. The van der Waals surface area contributed by atoms with Crippen LogP contribution in [0.4, 0.5) is 8.78 Å². The Morgan fingerprint density at radius 2 is 1.95 bits per heavy atom. The van der Waals surface area contributed by atoms with E-state index in [1.165, 1.54) is 11.9 Å². The van der Waals surface area contributed by atoms with Gasteiger partial charge in [-0.15, -0.1) is 0 Å².